The van der Waals surface area contributed by atoms with Crippen molar-refractivity contribution in [2.45, 2.75) is 6.04 Å². The zero-order valence-electron chi connectivity index (χ0n) is 9.90. The average molecular weight is 262 g/mol. The molecule has 2 aromatic rings. The molecule has 98 valence electrons. The first-order valence-corrected chi connectivity index (χ1v) is 5.70. The van der Waals surface area contributed by atoms with Gasteiger partial charge in [-0.2, -0.15) is 5.10 Å². The van der Waals surface area contributed by atoms with Gasteiger partial charge in [-0.05, 0) is 0 Å². The summed E-state index contributed by atoms with van der Waals surface area (Å²) in [6.45, 7) is 1.32. The summed E-state index contributed by atoms with van der Waals surface area (Å²) in [5.41, 5.74) is 5.55. The van der Waals surface area contributed by atoms with Crippen molar-refractivity contribution in [3.8, 4) is 0 Å². The number of primary amides is 1. The lowest BCUT2D eigenvalue weighted by molar-refractivity contribution is 0.1000. The van der Waals surface area contributed by atoms with Gasteiger partial charge in [0.05, 0.1) is 30.2 Å². The molecule has 7 nitrogen and oxygen atoms in total. The molecule has 0 aliphatic carbocycles. The summed E-state index contributed by atoms with van der Waals surface area (Å²) < 4.78 is 14.4. The van der Waals surface area contributed by atoms with Crippen molar-refractivity contribution in [2.75, 3.05) is 18.0 Å². The largest absolute Gasteiger partial charge is 0.366 e. The maximum atomic E-state index is 12.7. The first-order chi connectivity index (χ1) is 9.13. The number of carbonyl (C=O) groups is 1. The number of halogens is 1. The summed E-state index contributed by atoms with van der Waals surface area (Å²) in [5.74, 6) is -0.469. The van der Waals surface area contributed by atoms with Crippen LogP contribution >= 0.6 is 0 Å². The van der Waals surface area contributed by atoms with Crippen molar-refractivity contribution in [2.24, 2.45) is 5.73 Å². The summed E-state index contributed by atoms with van der Waals surface area (Å²) in [5, 5.41) is 4.09. The molecule has 0 spiro atoms. The van der Waals surface area contributed by atoms with Gasteiger partial charge in [-0.25, -0.2) is 14.4 Å². The van der Waals surface area contributed by atoms with Gasteiger partial charge >= 0.3 is 0 Å². The molecule has 2 N–H and O–H groups in total. The molecule has 3 rings (SSSR count). The third-order valence-electron chi connectivity index (χ3n) is 3.01. The zero-order valence-corrected chi connectivity index (χ0v) is 9.90. The van der Waals surface area contributed by atoms with Crippen LogP contribution in [0, 0.1) is 5.82 Å². The Morgan fingerprint density at radius 3 is 2.58 bits per heavy atom. The Morgan fingerprint density at radius 2 is 2.00 bits per heavy atom. The van der Waals surface area contributed by atoms with Gasteiger partial charge in [-0.3, -0.25) is 9.48 Å². The maximum absolute atomic E-state index is 12.7. The summed E-state index contributed by atoms with van der Waals surface area (Å²) >= 11 is 0. The van der Waals surface area contributed by atoms with Crippen LogP contribution in [0.5, 0.6) is 0 Å². The highest BCUT2D eigenvalue weighted by Crippen LogP contribution is 2.24. The predicted octanol–water partition coefficient (Wildman–Crippen LogP) is -0.0276. The molecule has 1 aliphatic rings. The quantitative estimate of drug-likeness (QED) is 0.839. The van der Waals surface area contributed by atoms with E-state index in [1.165, 1.54) is 6.20 Å². The van der Waals surface area contributed by atoms with Crippen molar-refractivity contribution in [3.63, 3.8) is 0 Å². The van der Waals surface area contributed by atoms with Crippen LogP contribution in [0.1, 0.15) is 16.4 Å². The Labute approximate surface area is 107 Å². The SMILES string of the molecule is NC(=O)c1cnn(C2CN(c3ncc(F)cn3)C2)c1. The highest BCUT2D eigenvalue weighted by molar-refractivity contribution is 5.92. The smallest absolute Gasteiger partial charge is 0.251 e. The van der Waals surface area contributed by atoms with Crippen LogP contribution in [0.4, 0.5) is 10.3 Å². The van der Waals surface area contributed by atoms with Crippen LogP contribution in [0.25, 0.3) is 0 Å². The van der Waals surface area contributed by atoms with Crippen molar-refractivity contribution in [1.29, 1.82) is 0 Å². The molecule has 0 unspecified atom stereocenters. The highest BCUT2D eigenvalue weighted by Gasteiger charge is 2.30. The fourth-order valence-corrected chi connectivity index (χ4v) is 1.92. The second-order valence-corrected chi connectivity index (χ2v) is 4.33. The van der Waals surface area contributed by atoms with E-state index in [4.69, 9.17) is 5.73 Å². The minimum Gasteiger partial charge on any atom is -0.366 e. The Morgan fingerprint density at radius 1 is 1.32 bits per heavy atom. The molecule has 3 heterocycles. The monoisotopic (exact) mass is 262 g/mol. The molecule has 1 saturated heterocycles. The highest BCUT2D eigenvalue weighted by atomic mass is 19.1. The fraction of sp³-hybridized carbons (Fsp3) is 0.273. The Kier molecular flexibility index (Phi) is 2.62. The van der Waals surface area contributed by atoms with Gasteiger partial charge in [0, 0.05) is 19.3 Å². The van der Waals surface area contributed by atoms with Crippen molar-refractivity contribution in [1.82, 2.24) is 19.7 Å². The Balaban J connectivity index is 1.65. The van der Waals surface area contributed by atoms with E-state index >= 15 is 0 Å². The normalized spacial score (nSPS) is 15.3. The van der Waals surface area contributed by atoms with Gasteiger partial charge in [-0.1, -0.05) is 0 Å². The lowest BCUT2D eigenvalue weighted by Gasteiger charge is -2.39. The first-order valence-electron chi connectivity index (χ1n) is 5.70. The van der Waals surface area contributed by atoms with Crippen LogP contribution in [0.15, 0.2) is 24.8 Å². The Bertz CT molecular complexity index is 604. The minimum atomic E-state index is -0.496. The molecule has 1 amide bonds. The zero-order chi connectivity index (χ0) is 13.4. The van der Waals surface area contributed by atoms with Crippen LogP contribution in [-0.2, 0) is 0 Å². The van der Waals surface area contributed by atoms with E-state index in [0.717, 1.165) is 12.4 Å². The molecule has 0 bridgehead atoms. The molecule has 1 fully saturated rings. The molecule has 2 aromatic heterocycles. The van der Waals surface area contributed by atoms with Crippen molar-refractivity contribution < 1.29 is 9.18 Å². The standard InChI is InChI=1S/C11H11FN6O/c12-8-2-14-11(15-3-8)17-5-9(6-17)18-4-7(1-16-18)10(13)19/h1-4,9H,5-6H2,(H2,13,19). The number of anilines is 1. The van der Waals surface area contributed by atoms with E-state index in [0.29, 0.717) is 24.6 Å². The fourth-order valence-electron chi connectivity index (χ4n) is 1.92. The molecular weight excluding hydrogens is 251 g/mol. The number of hydrogen-bond donors (Lipinski definition) is 1. The lowest BCUT2D eigenvalue weighted by Crippen LogP contribution is -2.48. The Hall–Kier alpha value is -2.51. The predicted molar refractivity (Wildman–Crippen MR) is 64.0 cm³/mol. The number of rotatable bonds is 3. The van der Waals surface area contributed by atoms with Crippen LogP contribution in [0.3, 0.4) is 0 Å². The summed E-state index contributed by atoms with van der Waals surface area (Å²) in [6, 6.07) is 0.141. The van der Waals surface area contributed by atoms with Gasteiger partial charge in [-0.15, -0.1) is 0 Å². The number of nitrogens with two attached hydrogens (primary N) is 1. The minimum absolute atomic E-state index is 0.141. The van der Waals surface area contributed by atoms with E-state index in [-0.39, 0.29) is 6.04 Å². The van der Waals surface area contributed by atoms with E-state index in [2.05, 4.69) is 15.1 Å². The molecule has 0 aromatic carbocycles. The average Bonchev–Trinajstić information content (AvgIpc) is 2.79. The molecule has 0 radical (unpaired) electrons. The van der Waals surface area contributed by atoms with E-state index in [1.807, 2.05) is 4.90 Å². The van der Waals surface area contributed by atoms with Crippen LogP contribution < -0.4 is 10.6 Å². The number of nitrogens with zero attached hydrogens (tertiary/aromatic N) is 5. The van der Waals surface area contributed by atoms with E-state index < -0.39 is 11.7 Å². The molecule has 8 heteroatoms. The van der Waals surface area contributed by atoms with Gasteiger partial charge < -0.3 is 10.6 Å². The summed E-state index contributed by atoms with van der Waals surface area (Å²) in [4.78, 5) is 20.7. The van der Waals surface area contributed by atoms with Gasteiger partial charge in [0.25, 0.3) is 5.91 Å². The van der Waals surface area contributed by atoms with E-state index in [1.54, 1.807) is 10.9 Å². The lowest BCUT2D eigenvalue weighted by atomic mass is 10.1. The maximum Gasteiger partial charge on any atom is 0.251 e. The third kappa shape index (κ3) is 2.12. The van der Waals surface area contributed by atoms with E-state index in [9.17, 15) is 9.18 Å². The van der Waals surface area contributed by atoms with Crippen molar-refractivity contribution >= 4 is 11.9 Å². The first kappa shape index (κ1) is 11.6. The molecule has 19 heavy (non-hydrogen) atoms. The molecule has 0 atom stereocenters. The number of aromatic nitrogens is 4. The number of amides is 1. The van der Waals surface area contributed by atoms with Gasteiger partial charge in [0.15, 0.2) is 5.82 Å². The molecule has 1 aliphatic heterocycles. The van der Waals surface area contributed by atoms with Gasteiger partial charge in [0.1, 0.15) is 0 Å². The molecule has 0 saturated carbocycles. The molecular formula is C11H11FN6O. The van der Waals surface area contributed by atoms with Crippen molar-refractivity contribution in [3.05, 3.63) is 36.2 Å². The number of carbonyl (C=O) groups excluding carboxylic acids is 1. The topological polar surface area (TPSA) is 89.9 Å². The second kappa shape index (κ2) is 4.30. The number of hydrogen-bond acceptors (Lipinski definition) is 5. The second-order valence-electron chi connectivity index (χ2n) is 4.33. The van der Waals surface area contributed by atoms with Gasteiger partial charge in [0.2, 0.25) is 5.95 Å². The summed E-state index contributed by atoms with van der Waals surface area (Å²) in [7, 11) is 0. The third-order valence-corrected chi connectivity index (χ3v) is 3.01. The summed E-state index contributed by atoms with van der Waals surface area (Å²) in [6.07, 6.45) is 5.33. The van der Waals surface area contributed by atoms with Crippen LogP contribution in [-0.4, -0.2) is 38.7 Å². The van der Waals surface area contributed by atoms with Crippen LogP contribution in [0.2, 0.25) is 0 Å².